The van der Waals surface area contributed by atoms with Crippen LogP contribution >= 0.6 is 0 Å². The van der Waals surface area contributed by atoms with E-state index in [9.17, 15) is 9.59 Å². The van der Waals surface area contributed by atoms with Crippen LogP contribution in [0.25, 0.3) is 22.3 Å². The SMILES string of the molecule is CC(=O)N1[C@H](C)CN(c2cccc(-c3c[nH]c4ncc(C(=O)OC(C)C)cc34)n2)C[C@@H]1C.[HH]. The summed E-state index contributed by atoms with van der Waals surface area (Å²) < 4.78 is 5.31. The van der Waals surface area contributed by atoms with Gasteiger partial charge in [-0.1, -0.05) is 6.07 Å². The molecule has 0 aliphatic carbocycles. The van der Waals surface area contributed by atoms with Gasteiger partial charge in [0.05, 0.1) is 17.4 Å². The number of esters is 1. The van der Waals surface area contributed by atoms with Crippen LogP contribution in [-0.4, -0.2) is 63.0 Å². The number of anilines is 1. The average molecular weight is 438 g/mol. The summed E-state index contributed by atoms with van der Waals surface area (Å²) in [5.41, 5.74) is 2.76. The van der Waals surface area contributed by atoms with Crippen molar-refractivity contribution in [2.24, 2.45) is 0 Å². The van der Waals surface area contributed by atoms with E-state index in [2.05, 4.69) is 28.7 Å². The molecule has 4 rings (SSSR count). The summed E-state index contributed by atoms with van der Waals surface area (Å²) in [6, 6.07) is 7.92. The fourth-order valence-corrected chi connectivity index (χ4v) is 4.49. The highest BCUT2D eigenvalue weighted by Crippen LogP contribution is 2.29. The monoisotopic (exact) mass is 437 g/mol. The van der Waals surface area contributed by atoms with Gasteiger partial charge in [-0.3, -0.25) is 4.79 Å². The molecule has 0 bridgehead atoms. The normalized spacial score (nSPS) is 18.9. The Kier molecular flexibility index (Phi) is 5.86. The van der Waals surface area contributed by atoms with Gasteiger partial charge < -0.3 is 19.5 Å². The maximum atomic E-state index is 12.3. The van der Waals surface area contributed by atoms with Crippen LogP contribution in [0, 0.1) is 0 Å². The Balaban J connectivity index is 0.00000306. The summed E-state index contributed by atoms with van der Waals surface area (Å²) in [4.78, 5) is 40.9. The summed E-state index contributed by atoms with van der Waals surface area (Å²) >= 11 is 0. The molecule has 0 aromatic carbocycles. The maximum Gasteiger partial charge on any atom is 0.339 e. The zero-order chi connectivity index (χ0) is 23.0. The standard InChI is InChI=1S/C24H29N5O3.H2/c1-14(2)32-24(31)18-9-19-20(11-26-23(19)25-10-18)21-7-6-8-22(27-21)28-12-15(3)29(17(5)30)16(4)13-28;/h6-11,14-16H,12-13H2,1-5H3,(H,25,26);1H/t15-,16+;. The number of H-pyrrole nitrogens is 1. The van der Waals surface area contributed by atoms with Crippen LogP contribution in [0.2, 0.25) is 0 Å². The summed E-state index contributed by atoms with van der Waals surface area (Å²) in [6.45, 7) is 10.8. The number of amides is 1. The molecule has 32 heavy (non-hydrogen) atoms. The first-order valence-corrected chi connectivity index (χ1v) is 10.9. The number of nitrogens with one attached hydrogen (secondary N) is 1. The number of rotatable bonds is 4. The van der Waals surface area contributed by atoms with Gasteiger partial charge in [0.25, 0.3) is 0 Å². The number of aromatic nitrogens is 3. The van der Waals surface area contributed by atoms with Crippen LogP contribution < -0.4 is 4.90 Å². The van der Waals surface area contributed by atoms with E-state index in [1.54, 1.807) is 13.0 Å². The molecular weight excluding hydrogens is 406 g/mol. The molecule has 4 heterocycles. The zero-order valence-corrected chi connectivity index (χ0v) is 19.1. The number of hydrogen-bond donors (Lipinski definition) is 1. The van der Waals surface area contributed by atoms with E-state index in [0.29, 0.717) is 11.2 Å². The molecule has 0 spiro atoms. The molecule has 0 radical (unpaired) electrons. The van der Waals surface area contributed by atoms with E-state index in [1.165, 1.54) is 6.20 Å². The first-order chi connectivity index (χ1) is 15.2. The van der Waals surface area contributed by atoms with Gasteiger partial charge >= 0.3 is 5.97 Å². The lowest BCUT2D eigenvalue weighted by molar-refractivity contribution is -0.133. The van der Waals surface area contributed by atoms with Gasteiger partial charge in [-0.2, -0.15) is 0 Å². The Morgan fingerprint density at radius 3 is 2.59 bits per heavy atom. The number of ether oxygens (including phenoxy) is 1. The number of aromatic amines is 1. The van der Waals surface area contributed by atoms with Crippen LogP contribution in [0.3, 0.4) is 0 Å². The molecule has 1 fully saturated rings. The molecule has 1 amide bonds. The van der Waals surface area contributed by atoms with E-state index in [0.717, 1.165) is 35.6 Å². The van der Waals surface area contributed by atoms with Crippen molar-refractivity contribution in [1.29, 1.82) is 0 Å². The molecule has 0 saturated carbocycles. The Hall–Kier alpha value is -3.42. The molecule has 0 unspecified atom stereocenters. The minimum Gasteiger partial charge on any atom is -0.459 e. The molecule has 3 aromatic heterocycles. The minimum atomic E-state index is -0.394. The average Bonchev–Trinajstić information content (AvgIpc) is 3.16. The second-order valence-corrected chi connectivity index (χ2v) is 8.69. The topological polar surface area (TPSA) is 91.4 Å². The third-order valence-electron chi connectivity index (χ3n) is 5.73. The molecule has 1 aliphatic rings. The van der Waals surface area contributed by atoms with Gasteiger partial charge in [-0.25, -0.2) is 14.8 Å². The van der Waals surface area contributed by atoms with Crippen molar-refractivity contribution in [3.8, 4) is 11.3 Å². The van der Waals surface area contributed by atoms with E-state index in [-0.39, 0.29) is 25.5 Å². The van der Waals surface area contributed by atoms with E-state index in [4.69, 9.17) is 9.72 Å². The largest absolute Gasteiger partial charge is 0.459 e. The van der Waals surface area contributed by atoms with Crippen LogP contribution in [0.5, 0.6) is 0 Å². The number of pyridine rings is 2. The van der Waals surface area contributed by atoms with Gasteiger partial charge in [0.1, 0.15) is 11.5 Å². The quantitative estimate of drug-likeness (QED) is 0.623. The molecular formula is C24H31N5O3. The van der Waals surface area contributed by atoms with Gasteiger partial charge in [0, 0.05) is 56.9 Å². The number of carbonyl (C=O) groups excluding carboxylic acids is 2. The number of piperazine rings is 1. The number of carbonyl (C=O) groups is 2. The highest BCUT2D eigenvalue weighted by atomic mass is 16.5. The molecule has 2 atom stereocenters. The van der Waals surface area contributed by atoms with Crippen molar-refractivity contribution in [1.82, 2.24) is 19.9 Å². The lowest BCUT2D eigenvalue weighted by atomic mass is 10.1. The summed E-state index contributed by atoms with van der Waals surface area (Å²) in [5.74, 6) is 0.570. The highest BCUT2D eigenvalue weighted by Gasteiger charge is 2.31. The predicted octanol–water partition coefficient (Wildman–Crippen LogP) is 3.88. The Bertz CT molecular complexity index is 1150. The molecule has 8 heteroatoms. The molecule has 3 aromatic rings. The molecule has 170 valence electrons. The molecule has 8 nitrogen and oxygen atoms in total. The van der Waals surface area contributed by atoms with E-state index < -0.39 is 5.97 Å². The summed E-state index contributed by atoms with van der Waals surface area (Å²) in [6.07, 6.45) is 3.19. The van der Waals surface area contributed by atoms with Crippen molar-refractivity contribution in [2.45, 2.75) is 52.8 Å². The number of hydrogen-bond acceptors (Lipinski definition) is 6. The van der Waals surface area contributed by atoms with Crippen molar-refractivity contribution in [3.63, 3.8) is 0 Å². The van der Waals surface area contributed by atoms with Crippen molar-refractivity contribution in [2.75, 3.05) is 18.0 Å². The third-order valence-corrected chi connectivity index (χ3v) is 5.73. The lowest BCUT2D eigenvalue weighted by Gasteiger charge is -2.44. The predicted molar refractivity (Wildman–Crippen MR) is 126 cm³/mol. The van der Waals surface area contributed by atoms with E-state index in [1.807, 2.05) is 43.1 Å². The van der Waals surface area contributed by atoms with E-state index >= 15 is 0 Å². The van der Waals surface area contributed by atoms with Gasteiger partial charge in [0.15, 0.2) is 0 Å². The fourth-order valence-electron chi connectivity index (χ4n) is 4.49. The smallest absolute Gasteiger partial charge is 0.339 e. The van der Waals surface area contributed by atoms with Crippen molar-refractivity contribution < 1.29 is 15.8 Å². The van der Waals surface area contributed by atoms with Crippen molar-refractivity contribution in [3.05, 3.63) is 42.2 Å². The van der Waals surface area contributed by atoms with Gasteiger partial charge in [0.2, 0.25) is 5.91 Å². The highest BCUT2D eigenvalue weighted by molar-refractivity contribution is 5.98. The Morgan fingerprint density at radius 1 is 1.22 bits per heavy atom. The first kappa shape index (κ1) is 21.8. The van der Waals surface area contributed by atoms with Crippen molar-refractivity contribution >= 4 is 28.7 Å². The number of nitrogens with zero attached hydrogens (tertiary/aromatic N) is 4. The summed E-state index contributed by atoms with van der Waals surface area (Å²) in [5, 5.41) is 0.816. The van der Waals surface area contributed by atoms with Gasteiger partial charge in [-0.15, -0.1) is 0 Å². The van der Waals surface area contributed by atoms with Crippen LogP contribution in [0.4, 0.5) is 5.82 Å². The maximum absolute atomic E-state index is 12.3. The second kappa shape index (κ2) is 8.61. The molecule has 1 saturated heterocycles. The zero-order valence-electron chi connectivity index (χ0n) is 19.1. The third kappa shape index (κ3) is 4.17. The van der Waals surface area contributed by atoms with Crippen LogP contribution in [-0.2, 0) is 9.53 Å². The van der Waals surface area contributed by atoms with Crippen LogP contribution in [0.15, 0.2) is 36.7 Å². The van der Waals surface area contributed by atoms with Gasteiger partial charge in [-0.05, 0) is 45.9 Å². The first-order valence-electron chi connectivity index (χ1n) is 10.9. The fraction of sp³-hybridized carbons (Fsp3) is 0.417. The minimum absolute atomic E-state index is 0. The second-order valence-electron chi connectivity index (χ2n) is 8.69. The molecule has 1 N–H and O–H groups in total. The number of fused-ring (bicyclic) bond motifs is 1. The van der Waals surface area contributed by atoms with Crippen LogP contribution in [0.1, 0.15) is 46.4 Å². The lowest BCUT2D eigenvalue weighted by Crippen LogP contribution is -2.58. The summed E-state index contributed by atoms with van der Waals surface area (Å²) in [7, 11) is 0. The Labute approximate surface area is 189 Å². The Morgan fingerprint density at radius 2 is 1.94 bits per heavy atom. The molecule has 1 aliphatic heterocycles.